The lowest BCUT2D eigenvalue weighted by atomic mass is 10.1. The second-order valence-electron chi connectivity index (χ2n) is 5.08. The molecule has 2 amide bonds. The number of fused-ring (bicyclic) bond motifs is 1. The molecular weight excluding hydrogens is 286 g/mol. The van der Waals surface area contributed by atoms with Crippen molar-refractivity contribution in [1.82, 2.24) is 9.80 Å². The zero-order chi connectivity index (χ0) is 15.5. The van der Waals surface area contributed by atoms with Gasteiger partial charge in [-0.3, -0.25) is 9.59 Å². The van der Waals surface area contributed by atoms with Crippen LogP contribution in [-0.2, 0) is 4.79 Å². The Morgan fingerprint density at radius 1 is 1.09 bits per heavy atom. The van der Waals surface area contributed by atoms with Gasteiger partial charge in [0.05, 0.1) is 6.07 Å². The maximum Gasteiger partial charge on any atom is 0.254 e. The Kier molecular flexibility index (Phi) is 3.83. The van der Waals surface area contributed by atoms with Gasteiger partial charge in [-0.25, -0.2) is 0 Å². The van der Waals surface area contributed by atoms with Crippen LogP contribution in [0.4, 0.5) is 0 Å². The van der Waals surface area contributed by atoms with Crippen LogP contribution in [0.3, 0.4) is 0 Å². The maximum absolute atomic E-state index is 12.5. The zero-order valence-corrected chi connectivity index (χ0v) is 11.9. The third-order valence-corrected chi connectivity index (χ3v) is 3.77. The number of nitrogens with zero attached hydrogens (tertiary/aromatic N) is 3. The normalized spacial score (nSPS) is 16.3. The van der Waals surface area contributed by atoms with Gasteiger partial charge < -0.3 is 19.3 Å². The van der Waals surface area contributed by atoms with Gasteiger partial charge in [0.25, 0.3) is 5.91 Å². The topological polar surface area (TPSA) is 82.9 Å². The van der Waals surface area contributed by atoms with Crippen molar-refractivity contribution in [3.63, 3.8) is 0 Å². The Morgan fingerprint density at radius 3 is 2.50 bits per heavy atom. The van der Waals surface area contributed by atoms with E-state index in [-0.39, 0.29) is 25.0 Å². The van der Waals surface area contributed by atoms with Crippen molar-refractivity contribution < 1.29 is 19.1 Å². The van der Waals surface area contributed by atoms with E-state index in [1.807, 2.05) is 6.07 Å². The number of hydrogen-bond donors (Lipinski definition) is 0. The second kappa shape index (κ2) is 5.93. The Bertz CT molecular complexity index is 645. The third-order valence-electron chi connectivity index (χ3n) is 3.77. The number of rotatable bonds is 2. The van der Waals surface area contributed by atoms with E-state index in [0.717, 1.165) is 0 Å². The van der Waals surface area contributed by atoms with Gasteiger partial charge in [0, 0.05) is 31.7 Å². The molecule has 1 aromatic rings. The fourth-order valence-corrected chi connectivity index (χ4v) is 2.55. The van der Waals surface area contributed by atoms with Crippen LogP contribution >= 0.6 is 0 Å². The van der Waals surface area contributed by atoms with Gasteiger partial charge in [0.15, 0.2) is 11.5 Å². The molecule has 0 radical (unpaired) electrons. The largest absolute Gasteiger partial charge is 0.454 e. The Hall–Kier alpha value is -2.75. The van der Waals surface area contributed by atoms with Gasteiger partial charge >= 0.3 is 0 Å². The monoisotopic (exact) mass is 301 g/mol. The minimum Gasteiger partial charge on any atom is -0.454 e. The van der Waals surface area contributed by atoms with E-state index >= 15 is 0 Å². The van der Waals surface area contributed by atoms with Crippen molar-refractivity contribution in [2.24, 2.45) is 0 Å². The van der Waals surface area contributed by atoms with E-state index in [2.05, 4.69) is 0 Å². The summed E-state index contributed by atoms with van der Waals surface area (Å²) in [5.41, 5.74) is 0.543. The third kappa shape index (κ3) is 2.68. The minimum absolute atomic E-state index is 0.0920. The number of hydrogen-bond acceptors (Lipinski definition) is 5. The molecule has 0 saturated carbocycles. The Balaban J connectivity index is 1.63. The number of carbonyl (C=O) groups excluding carboxylic acids is 2. The van der Waals surface area contributed by atoms with Crippen LogP contribution in [0.5, 0.6) is 11.5 Å². The number of benzene rings is 1. The van der Waals surface area contributed by atoms with Crippen molar-refractivity contribution in [3.8, 4) is 17.6 Å². The summed E-state index contributed by atoms with van der Waals surface area (Å²) in [4.78, 5) is 27.4. The SMILES string of the molecule is N#CCC(=O)N1CCN(C(=O)c2ccc3c(c2)OCO3)CC1. The van der Waals surface area contributed by atoms with Crippen molar-refractivity contribution >= 4 is 11.8 Å². The highest BCUT2D eigenvalue weighted by molar-refractivity contribution is 5.95. The molecule has 1 saturated heterocycles. The van der Waals surface area contributed by atoms with E-state index in [1.54, 1.807) is 28.0 Å². The van der Waals surface area contributed by atoms with Crippen molar-refractivity contribution in [3.05, 3.63) is 23.8 Å². The first-order chi connectivity index (χ1) is 10.7. The van der Waals surface area contributed by atoms with Gasteiger partial charge in [0.1, 0.15) is 6.42 Å². The summed E-state index contributed by atoms with van der Waals surface area (Å²) in [6, 6.07) is 6.97. The molecule has 0 unspecified atom stereocenters. The lowest BCUT2D eigenvalue weighted by Crippen LogP contribution is -2.50. The summed E-state index contributed by atoms with van der Waals surface area (Å²) in [5.74, 6) is 0.945. The van der Waals surface area contributed by atoms with Gasteiger partial charge in [-0.15, -0.1) is 0 Å². The smallest absolute Gasteiger partial charge is 0.254 e. The van der Waals surface area contributed by atoms with E-state index < -0.39 is 0 Å². The molecule has 0 N–H and O–H groups in total. The number of amides is 2. The summed E-state index contributed by atoms with van der Waals surface area (Å²) in [7, 11) is 0. The molecule has 22 heavy (non-hydrogen) atoms. The van der Waals surface area contributed by atoms with E-state index in [4.69, 9.17) is 14.7 Å². The Morgan fingerprint density at radius 2 is 1.77 bits per heavy atom. The molecule has 7 heteroatoms. The molecule has 0 bridgehead atoms. The predicted octanol–water partition coefficient (Wildman–Crippen LogP) is 0.613. The molecule has 7 nitrogen and oxygen atoms in total. The molecule has 0 spiro atoms. The lowest BCUT2D eigenvalue weighted by molar-refractivity contribution is -0.131. The van der Waals surface area contributed by atoms with E-state index in [0.29, 0.717) is 43.2 Å². The van der Waals surface area contributed by atoms with Crippen molar-refractivity contribution in [1.29, 1.82) is 5.26 Å². The van der Waals surface area contributed by atoms with Crippen LogP contribution in [0.25, 0.3) is 0 Å². The second-order valence-corrected chi connectivity index (χ2v) is 5.08. The number of ether oxygens (including phenoxy) is 2. The molecule has 0 atom stereocenters. The van der Waals surface area contributed by atoms with Gasteiger partial charge in [-0.05, 0) is 18.2 Å². The molecule has 0 aliphatic carbocycles. The first-order valence-corrected chi connectivity index (χ1v) is 7.02. The Labute approximate surface area is 127 Å². The average Bonchev–Trinajstić information content (AvgIpc) is 3.02. The van der Waals surface area contributed by atoms with Crippen molar-refractivity contribution in [2.75, 3.05) is 33.0 Å². The van der Waals surface area contributed by atoms with Crippen LogP contribution in [0.1, 0.15) is 16.8 Å². The van der Waals surface area contributed by atoms with Crippen molar-refractivity contribution in [2.45, 2.75) is 6.42 Å². The zero-order valence-electron chi connectivity index (χ0n) is 11.9. The highest BCUT2D eigenvalue weighted by Gasteiger charge is 2.25. The predicted molar refractivity (Wildman–Crippen MR) is 75.3 cm³/mol. The molecule has 2 aliphatic rings. The molecule has 2 heterocycles. The number of carbonyl (C=O) groups is 2. The quantitative estimate of drug-likeness (QED) is 0.799. The fraction of sp³-hybridized carbons (Fsp3) is 0.400. The summed E-state index contributed by atoms with van der Waals surface area (Å²) >= 11 is 0. The highest BCUT2D eigenvalue weighted by atomic mass is 16.7. The molecule has 3 rings (SSSR count). The molecule has 1 fully saturated rings. The van der Waals surface area contributed by atoms with E-state index in [9.17, 15) is 9.59 Å². The molecule has 2 aliphatic heterocycles. The molecule has 0 aromatic heterocycles. The fourth-order valence-electron chi connectivity index (χ4n) is 2.55. The maximum atomic E-state index is 12.5. The molecule has 114 valence electrons. The first kappa shape index (κ1) is 14.2. The highest BCUT2D eigenvalue weighted by Crippen LogP contribution is 2.32. The van der Waals surface area contributed by atoms with Gasteiger partial charge in [-0.1, -0.05) is 0 Å². The van der Waals surface area contributed by atoms with Crippen LogP contribution in [0, 0.1) is 11.3 Å². The van der Waals surface area contributed by atoms with Gasteiger partial charge in [0.2, 0.25) is 12.7 Å². The summed E-state index contributed by atoms with van der Waals surface area (Å²) < 4.78 is 10.5. The number of piperazine rings is 1. The van der Waals surface area contributed by atoms with Crippen LogP contribution in [0.15, 0.2) is 18.2 Å². The standard InChI is InChI=1S/C15H15N3O4/c16-4-3-14(19)17-5-7-18(8-6-17)15(20)11-1-2-12-13(9-11)22-10-21-12/h1-2,9H,3,5-8,10H2. The number of nitriles is 1. The lowest BCUT2D eigenvalue weighted by Gasteiger charge is -2.34. The molecule has 1 aromatic carbocycles. The summed E-state index contributed by atoms with van der Waals surface area (Å²) in [6.45, 7) is 2.01. The summed E-state index contributed by atoms with van der Waals surface area (Å²) in [6.07, 6.45) is -0.115. The summed E-state index contributed by atoms with van der Waals surface area (Å²) in [5, 5.41) is 8.55. The van der Waals surface area contributed by atoms with Gasteiger partial charge in [-0.2, -0.15) is 5.26 Å². The van der Waals surface area contributed by atoms with E-state index in [1.165, 1.54) is 0 Å². The van der Waals surface area contributed by atoms with Crippen LogP contribution in [-0.4, -0.2) is 54.6 Å². The minimum atomic E-state index is -0.183. The average molecular weight is 301 g/mol. The molecular formula is C15H15N3O4. The van der Waals surface area contributed by atoms with Crippen LogP contribution in [0.2, 0.25) is 0 Å². The van der Waals surface area contributed by atoms with Crippen LogP contribution < -0.4 is 9.47 Å². The first-order valence-electron chi connectivity index (χ1n) is 7.02.